The highest BCUT2D eigenvalue weighted by Crippen LogP contribution is 2.31. The van der Waals surface area contributed by atoms with Gasteiger partial charge in [-0.1, -0.05) is 12.1 Å². The van der Waals surface area contributed by atoms with Crippen molar-refractivity contribution >= 4 is 22.8 Å². The summed E-state index contributed by atoms with van der Waals surface area (Å²) in [7, 11) is 0. The molecule has 0 spiro atoms. The topological polar surface area (TPSA) is 100 Å². The number of nitrogens with zero attached hydrogens (tertiary/aromatic N) is 2. The van der Waals surface area contributed by atoms with E-state index >= 15 is 0 Å². The lowest BCUT2D eigenvalue weighted by atomic mass is 10.1. The Morgan fingerprint density at radius 2 is 2.00 bits per heavy atom. The SMILES string of the molecule is O=C(O)CNC(=O)Cn1ccc2ccc(-c3cc(C(F)(F)F)[nH]n3)cc21. The number of hydrogen-bond donors (Lipinski definition) is 3. The van der Waals surface area contributed by atoms with Crippen molar-refractivity contribution in [3.63, 3.8) is 0 Å². The molecule has 0 atom stereocenters. The number of amides is 1. The molecular weight excluding hydrogens is 353 g/mol. The second-order valence-electron chi connectivity index (χ2n) is 5.55. The molecule has 0 bridgehead atoms. The number of halogens is 3. The quantitative estimate of drug-likeness (QED) is 0.645. The van der Waals surface area contributed by atoms with E-state index in [4.69, 9.17) is 5.11 Å². The van der Waals surface area contributed by atoms with Crippen LogP contribution in [0.5, 0.6) is 0 Å². The van der Waals surface area contributed by atoms with Crippen molar-refractivity contribution in [2.75, 3.05) is 6.54 Å². The molecule has 7 nitrogen and oxygen atoms in total. The molecule has 0 saturated carbocycles. The van der Waals surface area contributed by atoms with Gasteiger partial charge in [-0.3, -0.25) is 14.7 Å². The number of aliphatic carboxylic acids is 1. The molecule has 1 aromatic carbocycles. The highest BCUT2D eigenvalue weighted by molar-refractivity contribution is 5.87. The van der Waals surface area contributed by atoms with Crippen LogP contribution in [-0.4, -0.2) is 38.3 Å². The standard InChI is InChI=1S/C16H13F3N4O3/c17-16(18,19)13-6-11(21-22-13)10-2-1-9-3-4-23(12(9)5-10)8-14(24)20-7-15(25)26/h1-6H,7-8H2,(H,20,24)(H,21,22)(H,25,26). The average molecular weight is 366 g/mol. The number of benzene rings is 1. The summed E-state index contributed by atoms with van der Waals surface area (Å²) in [5, 5.41) is 17.2. The molecule has 0 aliphatic carbocycles. The summed E-state index contributed by atoms with van der Waals surface area (Å²) in [6.45, 7) is -0.606. The third-order valence-electron chi connectivity index (χ3n) is 3.70. The number of carbonyl (C=O) groups excluding carboxylic acids is 1. The molecule has 3 rings (SSSR count). The van der Waals surface area contributed by atoms with Crippen LogP contribution in [0.4, 0.5) is 13.2 Å². The lowest BCUT2D eigenvalue weighted by Gasteiger charge is -2.06. The summed E-state index contributed by atoms with van der Waals surface area (Å²) in [5.74, 6) is -1.65. The van der Waals surface area contributed by atoms with E-state index in [1.165, 1.54) is 0 Å². The Kier molecular flexibility index (Phi) is 4.41. The van der Waals surface area contributed by atoms with Crippen molar-refractivity contribution in [1.82, 2.24) is 20.1 Å². The second-order valence-corrected chi connectivity index (χ2v) is 5.55. The van der Waals surface area contributed by atoms with Crippen molar-refractivity contribution in [3.8, 4) is 11.3 Å². The summed E-state index contributed by atoms with van der Waals surface area (Å²) in [4.78, 5) is 22.3. The summed E-state index contributed by atoms with van der Waals surface area (Å²) >= 11 is 0. The first-order valence-electron chi connectivity index (χ1n) is 7.44. The molecule has 0 aliphatic heterocycles. The van der Waals surface area contributed by atoms with E-state index in [1.54, 1.807) is 35.0 Å². The first kappa shape index (κ1) is 17.5. The number of aromatic amines is 1. The number of alkyl halides is 3. The van der Waals surface area contributed by atoms with Crippen LogP contribution < -0.4 is 5.32 Å². The van der Waals surface area contributed by atoms with Crippen molar-refractivity contribution in [2.45, 2.75) is 12.7 Å². The molecule has 0 radical (unpaired) electrons. The van der Waals surface area contributed by atoms with Crippen molar-refractivity contribution < 1.29 is 27.9 Å². The molecule has 0 aliphatic rings. The molecule has 26 heavy (non-hydrogen) atoms. The molecule has 0 saturated heterocycles. The Labute approximate surface area is 144 Å². The van der Waals surface area contributed by atoms with Crippen molar-refractivity contribution in [1.29, 1.82) is 0 Å². The summed E-state index contributed by atoms with van der Waals surface area (Å²) in [6.07, 6.45) is -2.88. The van der Waals surface area contributed by atoms with E-state index in [2.05, 4.69) is 10.4 Å². The number of aromatic nitrogens is 3. The van der Waals surface area contributed by atoms with Gasteiger partial charge in [0.1, 0.15) is 18.8 Å². The van der Waals surface area contributed by atoms with Crippen LogP contribution in [0.1, 0.15) is 5.69 Å². The van der Waals surface area contributed by atoms with E-state index in [0.717, 1.165) is 11.5 Å². The van der Waals surface area contributed by atoms with Gasteiger partial charge in [-0.25, -0.2) is 0 Å². The fourth-order valence-corrected chi connectivity index (χ4v) is 2.48. The first-order chi connectivity index (χ1) is 12.2. The zero-order chi connectivity index (χ0) is 18.9. The minimum absolute atomic E-state index is 0.116. The number of fused-ring (bicyclic) bond motifs is 1. The van der Waals surface area contributed by atoms with Gasteiger partial charge >= 0.3 is 12.1 Å². The molecule has 0 fully saturated rings. The number of H-pyrrole nitrogens is 1. The smallest absolute Gasteiger partial charge is 0.432 e. The largest absolute Gasteiger partial charge is 0.480 e. The number of carbonyl (C=O) groups is 2. The molecule has 3 aromatic rings. The van der Waals surface area contributed by atoms with Gasteiger partial charge in [0.25, 0.3) is 0 Å². The zero-order valence-electron chi connectivity index (χ0n) is 13.2. The van der Waals surface area contributed by atoms with Crippen LogP contribution in [-0.2, 0) is 22.3 Å². The third-order valence-corrected chi connectivity index (χ3v) is 3.70. The number of carboxylic acids is 1. The number of carboxylic acid groups (broad SMARTS) is 1. The lowest BCUT2D eigenvalue weighted by molar-refractivity contribution is -0.141. The fraction of sp³-hybridized carbons (Fsp3) is 0.188. The predicted octanol–water partition coefficient (Wildman–Crippen LogP) is 2.25. The van der Waals surface area contributed by atoms with Crippen molar-refractivity contribution in [2.24, 2.45) is 0 Å². The minimum Gasteiger partial charge on any atom is -0.480 e. The van der Waals surface area contributed by atoms with Crippen LogP contribution in [0.15, 0.2) is 36.5 Å². The van der Waals surface area contributed by atoms with Gasteiger partial charge in [0.2, 0.25) is 5.91 Å². The highest BCUT2D eigenvalue weighted by Gasteiger charge is 2.33. The Balaban J connectivity index is 1.87. The minimum atomic E-state index is -4.52. The molecule has 3 N–H and O–H groups in total. The molecule has 10 heteroatoms. The number of hydrogen-bond acceptors (Lipinski definition) is 3. The molecule has 0 unspecified atom stereocenters. The van der Waals surface area contributed by atoms with Gasteiger partial charge in [-0.05, 0) is 23.6 Å². The maximum absolute atomic E-state index is 12.7. The average Bonchev–Trinajstić information content (AvgIpc) is 3.20. The Hall–Kier alpha value is -3.30. The Morgan fingerprint density at radius 3 is 2.65 bits per heavy atom. The van der Waals surface area contributed by atoms with Crippen LogP contribution in [0.25, 0.3) is 22.2 Å². The van der Waals surface area contributed by atoms with Gasteiger partial charge in [0, 0.05) is 17.3 Å². The number of nitrogens with one attached hydrogen (secondary N) is 2. The van der Waals surface area contributed by atoms with Crippen LogP contribution in [0.2, 0.25) is 0 Å². The maximum atomic E-state index is 12.7. The van der Waals surface area contributed by atoms with E-state index in [-0.39, 0.29) is 12.2 Å². The summed E-state index contributed by atoms with van der Waals surface area (Å²) < 4.78 is 39.7. The van der Waals surface area contributed by atoms with Gasteiger partial charge < -0.3 is 15.0 Å². The first-order valence-corrected chi connectivity index (χ1v) is 7.44. The Bertz CT molecular complexity index is 975. The lowest BCUT2D eigenvalue weighted by Crippen LogP contribution is -2.31. The molecule has 1 amide bonds. The molecule has 136 valence electrons. The maximum Gasteiger partial charge on any atom is 0.432 e. The van der Waals surface area contributed by atoms with E-state index in [9.17, 15) is 22.8 Å². The van der Waals surface area contributed by atoms with Gasteiger partial charge in [-0.2, -0.15) is 18.3 Å². The van der Waals surface area contributed by atoms with E-state index in [1.807, 2.05) is 5.10 Å². The highest BCUT2D eigenvalue weighted by atomic mass is 19.4. The Morgan fingerprint density at radius 1 is 1.23 bits per heavy atom. The molecule has 2 aromatic heterocycles. The second kappa shape index (κ2) is 6.54. The normalized spacial score (nSPS) is 11.7. The fourth-order valence-electron chi connectivity index (χ4n) is 2.48. The predicted molar refractivity (Wildman–Crippen MR) is 85.2 cm³/mol. The van der Waals surface area contributed by atoms with Crippen LogP contribution >= 0.6 is 0 Å². The molecular formula is C16H13F3N4O3. The van der Waals surface area contributed by atoms with Gasteiger partial charge in [-0.15, -0.1) is 0 Å². The van der Waals surface area contributed by atoms with E-state index in [0.29, 0.717) is 11.1 Å². The van der Waals surface area contributed by atoms with Crippen LogP contribution in [0.3, 0.4) is 0 Å². The van der Waals surface area contributed by atoms with Gasteiger partial charge in [0.15, 0.2) is 0 Å². The third kappa shape index (κ3) is 3.68. The van der Waals surface area contributed by atoms with Crippen molar-refractivity contribution in [3.05, 3.63) is 42.2 Å². The zero-order valence-corrected chi connectivity index (χ0v) is 13.2. The van der Waals surface area contributed by atoms with Crippen LogP contribution in [0, 0.1) is 0 Å². The monoisotopic (exact) mass is 366 g/mol. The van der Waals surface area contributed by atoms with E-state index < -0.39 is 30.3 Å². The van der Waals surface area contributed by atoms with Gasteiger partial charge in [0.05, 0.1) is 5.69 Å². The summed E-state index contributed by atoms with van der Waals surface area (Å²) in [6, 6.07) is 7.62. The summed E-state index contributed by atoms with van der Waals surface area (Å²) in [5.41, 5.74) is 0.248. The molecule has 2 heterocycles. The number of rotatable bonds is 5.